The van der Waals surface area contributed by atoms with E-state index in [1.165, 1.54) is 119 Å². The number of nitrogens with zero attached hydrogens (tertiary/aromatic N) is 4. The highest BCUT2D eigenvalue weighted by molar-refractivity contribution is 5.72. The molecule has 0 spiro atoms. The third-order valence-electron chi connectivity index (χ3n) is 9.32. The van der Waals surface area contributed by atoms with E-state index in [4.69, 9.17) is 10.2 Å². The Morgan fingerprint density at radius 3 is 0.731 bits per heavy atom. The predicted molar refractivity (Wildman–Crippen MR) is 202 cm³/mol. The van der Waals surface area contributed by atoms with E-state index in [1.54, 1.807) is 9.80 Å². The smallest absolute Gasteiger partial charge is 0.317 e. The molecule has 0 rings (SSSR count). The maximum absolute atomic E-state index is 11.6. The van der Waals surface area contributed by atoms with E-state index in [1.807, 2.05) is 0 Å². The lowest BCUT2D eigenvalue weighted by atomic mass is 10.0. The van der Waals surface area contributed by atoms with Crippen molar-refractivity contribution < 1.29 is 49.5 Å². The third kappa shape index (κ3) is 34.3. The summed E-state index contributed by atoms with van der Waals surface area (Å²) in [4.78, 5) is 62.9. The molecule has 0 amide bonds. The molecule has 52 heavy (non-hydrogen) atoms. The maximum atomic E-state index is 11.6. The molecule has 0 aromatic rings. The van der Waals surface area contributed by atoms with Gasteiger partial charge in [0, 0.05) is 39.3 Å². The minimum Gasteiger partial charge on any atom is -0.480 e. The van der Waals surface area contributed by atoms with E-state index < -0.39 is 42.9 Å². The van der Waals surface area contributed by atoms with Crippen LogP contribution in [0.15, 0.2) is 0 Å². The second-order valence-electron chi connectivity index (χ2n) is 14.2. The van der Waals surface area contributed by atoms with Crippen molar-refractivity contribution >= 4 is 29.8 Å². The number of hydrogen-bond donors (Lipinski definition) is 5. The lowest BCUT2D eigenvalue weighted by Gasteiger charge is -2.29. The van der Waals surface area contributed by atoms with E-state index in [-0.39, 0.29) is 52.4 Å². The van der Waals surface area contributed by atoms with Crippen molar-refractivity contribution in [3.63, 3.8) is 0 Å². The summed E-state index contributed by atoms with van der Waals surface area (Å²) in [5, 5.41) is 46.4. The van der Waals surface area contributed by atoms with Crippen LogP contribution in [0.4, 0.5) is 0 Å². The van der Waals surface area contributed by atoms with E-state index in [0.717, 1.165) is 19.3 Å². The molecule has 0 aromatic carbocycles. The number of carboxylic acid groups (broad SMARTS) is 5. The lowest BCUT2D eigenvalue weighted by molar-refractivity contribution is -0.143. The molecule has 0 heterocycles. The number of unbranched alkanes of at least 4 members (excludes halogenated alkanes) is 19. The van der Waals surface area contributed by atoms with Gasteiger partial charge in [0.15, 0.2) is 0 Å². The summed E-state index contributed by atoms with van der Waals surface area (Å²) in [7, 11) is 0. The molecule has 0 saturated carbocycles. The van der Waals surface area contributed by atoms with Gasteiger partial charge >= 0.3 is 29.8 Å². The molecule has 14 nitrogen and oxygen atoms in total. The Bertz CT molecular complexity index is 939. The molecule has 0 aliphatic carbocycles. The van der Waals surface area contributed by atoms with Crippen molar-refractivity contribution in [3.8, 4) is 0 Å². The summed E-state index contributed by atoms with van der Waals surface area (Å²) in [6.45, 7) is 1.94. The number of aliphatic carboxylic acids is 5. The number of carboxylic acids is 5. The Kier molecular flexibility index (Phi) is 32.2. The van der Waals surface area contributed by atoms with Crippen molar-refractivity contribution in [2.75, 3.05) is 78.5 Å². The van der Waals surface area contributed by atoms with Crippen LogP contribution in [0.25, 0.3) is 0 Å². The largest absolute Gasteiger partial charge is 0.480 e. The maximum Gasteiger partial charge on any atom is 0.317 e. The standard InChI is InChI=1S/C38H72N4O10/c1-2-3-4-5-6-7-8-9-10-11-12-13-14-15-16-17-18-19-20-21-22-39(29-34(43)44)23-24-40(30-35(45)46)25-26-41(31-36(47)48)27-28-42(32-37(49)50)33-38(51)52/h2-33H2,1H3,(H,43,44)(H,45,46)(H,47,48)(H,49,50)(H,51,52). The highest BCUT2D eigenvalue weighted by Crippen LogP contribution is 2.15. The molecule has 0 radical (unpaired) electrons. The first-order valence-electron chi connectivity index (χ1n) is 19.9. The third-order valence-corrected chi connectivity index (χ3v) is 9.32. The van der Waals surface area contributed by atoms with Gasteiger partial charge in [-0.1, -0.05) is 129 Å². The highest BCUT2D eigenvalue weighted by Gasteiger charge is 2.19. The minimum atomic E-state index is -1.21. The van der Waals surface area contributed by atoms with Gasteiger partial charge in [0.2, 0.25) is 0 Å². The Morgan fingerprint density at radius 2 is 0.481 bits per heavy atom. The van der Waals surface area contributed by atoms with Gasteiger partial charge in [0.25, 0.3) is 0 Å². The Labute approximate surface area is 312 Å². The molecular formula is C38H72N4O10. The van der Waals surface area contributed by atoms with Crippen LogP contribution in [0.5, 0.6) is 0 Å². The molecule has 0 aromatic heterocycles. The van der Waals surface area contributed by atoms with Crippen LogP contribution in [0, 0.1) is 0 Å². The summed E-state index contributed by atoms with van der Waals surface area (Å²) in [5.74, 6) is -5.58. The molecule has 0 aliphatic rings. The van der Waals surface area contributed by atoms with E-state index in [9.17, 15) is 39.3 Å². The zero-order chi connectivity index (χ0) is 38.8. The number of rotatable bonds is 40. The quantitative estimate of drug-likeness (QED) is 0.0497. The molecule has 0 bridgehead atoms. The SMILES string of the molecule is CCCCCCCCCCCCCCCCCCCCCCN(CCN(CCN(CCN(CC(=O)O)CC(=O)O)CC(=O)O)CC(=O)O)CC(=O)O. The fourth-order valence-electron chi connectivity index (χ4n) is 6.42. The minimum absolute atomic E-state index is 0.00330. The van der Waals surface area contributed by atoms with E-state index in [2.05, 4.69) is 6.92 Å². The fraction of sp³-hybridized carbons (Fsp3) is 0.868. The van der Waals surface area contributed by atoms with Gasteiger partial charge in [-0.05, 0) is 13.0 Å². The zero-order valence-corrected chi connectivity index (χ0v) is 32.2. The molecule has 0 atom stereocenters. The summed E-state index contributed by atoms with van der Waals surface area (Å²) >= 11 is 0. The Hall–Kier alpha value is -2.81. The van der Waals surface area contributed by atoms with Crippen LogP contribution in [-0.4, -0.2) is 154 Å². The van der Waals surface area contributed by atoms with E-state index in [0.29, 0.717) is 13.1 Å². The zero-order valence-electron chi connectivity index (χ0n) is 32.2. The molecule has 0 fully saturated rings. The number of hydrogen-bond acceptors (Lipinski definition) is 9. The molecule has 5 N–H and O–H groups in total. The first-order chi connectivity index (χ1) is 24.9. The summed E-state index contributed by atoms with van der Waals surface area (Å²) < 4.78 is 0. The molecule has 0 aliphatic heterocycles. The predicted octanol–water partition coefficient (Wildman–Crippen LogP) is 5.44. The average Bonchev–Trinajstić information content (AvgIpc) is 3.05. The molecule has 0 unspecified atom stereocenters. The van der Waals surface area contributed by atoms with Gasteiger partial charge in [-0.3, -0.25) is 43.6 Å². The molecule has 0 saturated heterocycles. The first kappa shape index (κ1) is 49.2. The van der Waals surface area contributed by atoms with Gasteiger partial charge in [-0.15, -0.1) is 0 Å². The number of carbonyl (C=O) groups is 5. The van der Waals surface area contributed by atoms with Crippen LogP contribution in [0.2, 0.25) is 0 Å². The fourth-order valence-corrected chi connectivity index (χ4v) is 6.42. The van der Waals surface area contributed by atoms with Crippen LogP contribution >= 0.6 is 0 Å². The normalized spacial score (nSPS) is 11.6. The topological polar surface area (TPSA) is 199 Å². The van der Waals surface area contributed by atoms with Crippen molar-refractivity contribution in [1.29, 1.82) is 0 Å². The van der Waals surface area contributed by atoms with Gasteiger partial charge in [0.1, 0.15) is 0 Å². The van der Waals surface area contributed by atoms with Crippen LogP contribution in [0.1, 0.15) is 135 Å². The van der Waals surface area contributed by atoms with Gasteiger partial charge in [0.05, 0.1) is 32.7 Å². The van der Waals surface area contributed by atoms with Crippen LogP contribution in [-0.2, 0) is 24.0 Å². The van der Waals surface area contributed by atoms with Crippen molar-refractivity contribution in [3.05, 3.63) is 0 Å². The van der Waals surface area contributed by atoms with Crippen molar-refractivity contribution in [1.82, 2.24) is 19.6 Å². The first-order valence-corrected chi connectivity index (χ1v) is 19.9. The van der Waals surface area contributed by atoms with Crippen molar-refractivity contribution in [2.24, 2.45) is 0 Å². The average molecular weight is 745 g/mol. The second kappa shape index (κ2) is 34.0. The van der Waals surface area contributed by atoms with Crippen LogP contribution < -0.4 is 0 Å². The summed E-state index contributed by atoms with van der Waals surface area (Å²) in [6.07, 6.45) is 25.7. The van der Waals surface area contributed by atoms with Gasteiger partial charge < -0.3 is 25.5 Å². The molecule has 14 heteroatoms. The Balaban J connectivity index is 4.40. The van der Waals surface area contributed by atoms with Crippen molar-refractivity contribution in [2.45, 2.75) is 135 Å². The molecular weight excluding hydrogens is 672 g/mol. The second-order valence-corrected chi connectivity index (χ2v) is 14.2. The summed E-state index contributed by atoms with van der Waals surface area (Å²) in [5.41, 5.74) is 0. The van der Waals surface area contributed by atoms with Gasteiger partial charge in [-0.25, -0.2) is 0 Å². The monoisotopic (exact) mass is 745 g/mol. The van der Waals surface area contributed by atoms with Crippen LogP contribution in [0.3, 0.4) is 0 Å². The Morgan fingerprint density at radius 1 is 0.288 bits per heavy atom. The lowest BCUT2D eigenvalue weighted by Crippen LogP contribution is -2.46. The summed E-state index contributed by atoms with van der Waals surface area (Å²) in [6, 6.07) is 0. The van der Waals surface area contributed by atoms with Gasteiger partial charge in [-0.2, -0.15) is 0 Å². The molecule has 304 valence electrons. The van der Waals surface area contributed by atoms with E-state index >= 15 is 0 Å². The highest BCUT2D eigenvalue weighted by atomic mass is 16.4.